The highest BCUT2D eigenvalue weighted by atomic mass is 16.3. The molecule has 0 aliphatic heterocycles. The van der Waals surface area contributed by atoms with Crippen LogP contribution in [0.15, 0.2) is 23.3 Å². The highest BCUT2D eigenvalue weighted by molar-refractivity contribution is 5.29. The first kappa shape index (κ1) is 13.8. The maximum absolute atomic E-state index is 10.7. The van der Waals surface area contributed by atoms with E-state index in [2.05, 4.69) is 20.4 Å². The molecule has 0 aromatic heterocycles. The number of hydrogen-bond donors (Lipinski definition) is 3. The maximum atomic E-state index is 10.7. The Kier molecular flexibility index (Phi) is 3.67. The van der Waals surface area contributed by atoms with E-state index in [0.717, 1.165) is 12.8 Å². The fraction of sp³-hybridized carbons (Fsp3) is 0.733. The number of allylic oxidation sites excluding steroid dienone is 1. The Bertz CT molecular complexity index is 385. The predicted octanol–water partition coefficient (Wildman–Crippen LogP) is 1.78. The lowest BCUT2D eigenvalue weighted by Gasteiger charge is -2.35. The Morgan fingerprint density at radius 3 is 2.78 bits per heavy atom. The molecule has 0 amide bonds. The summed E-state index contributed by atoms with van der Waals surface area (Å²) >= 11 is 0. The zero-order valence-electron chi connectivity index (χ0n) is 11.3. The van der Waals surface area contributed by atoms with Gasteiger partial charge in [-0.15, -0.1) is 0 Å². The summed E-state index contributed by atoms with van der Waals surface area (Å²) in [7, 11) is 0. The van der Waals surface area contributed by atoms with Gasteiger partial charge in [0.25, 0.3) is 0 Å². The smallest absolute Gasteiger partial charge is 0.114 e. The lowest BCUT2D eigenvalue weighted by Crippen LogP contribution is -2.46. The van der Waals surface area contributed by atoms with Crippen LogP contribution < -0.4 is 0 Å². The molecule has 3 heteroatoms. The molecule has 1 fully saturated rings. The molecule has 0 heterocycles. The normalized spacial score (nSPS) is 40.6. The summed E-state index contributed by atoms with van der Waals surface area (Å²) in [5.41, 5.74) is 1.60. The Morgan fingerprint density at radius 2 is 2.17 bits per heavy atom. The third-order valence-corrected chi connectivity index (χ3v) is 4.94. The first-order chi connectivity index (χ1) is 8.40. The minimum atomic E-state index is -1.35. The topological polar surface area (TPSA) is 60.7 Å². The van der Waals surface area contributed by atoms with E-state index in [1.165, 1.54) is 11.1 Å². The summed E-state index contributed by atoms with van der Waals surface area (Å²) in [4.78, 5) is 0. The monoisotopic (exact) mass is 252 g/mol. The molecular weight excluding hydrogens is 228 g/mol. The van der Waals surface area contributed by atoms with E-state index in [4.69, 9.17) is 0 Å². The second-order valence-corrected chi connectivity index (χ2v) is 6.04. The first-order valence-electron chi connectivity index (χ1n) is 6.78. The minimum absolute atomic E-state index is 0.275. The Labute approximate surface area is 109 Å². The molecule has 0 bridgehead atoms. The summed E-state index contributed by atoms with van der Waals surface area (Å²) in [6, 6.07) is 0. The molecule has 3 N–H and O–H groups in total. The van der Waals surface area contributed by atoms with Gasteiger partial charge in [-0.25, -0.2) is 0 Å². The van der Waals surface area contributed by atoms with Crippen molar-refractivity contribution in [3.8, 4) is 0 Å². The standard InChI is InChI=1S/C15H24O3/c1-9-4-5-12-10(2)6-14(17)15(18,7-13(9)12)11(3)8-16/h9,13-14,16-18H,3-8H2,1-2H3/t9-,13-,14-,15-/m0/s1. The summed E-state index contributed by atoms with van der Waals surface area (Å²) in [6.45, 7) is 7.72. The van der Waals surface area contributed by atoms with Gasteiger partial charge in [0, 0.05) is 0 Å². The van der Waals surface area contributed by atoms with Crippen LogP contribution in [0, 0.1) is 11.8 Å². The average molecular weight is 252 g/mol. The molecule has 102 valence electrons. The lowest BCUT2D eigenvalue weighted by atomic mass is 9.78. The quantitative estimate of drug-likeness (QED) is 0.657. The van der Waals surface area contributed by atoms with Gasteiger partial charge in [0.05, 0.1) is 12.7 Å². The second-order valence-electron chi connectivity index (χ2n) is 6.04. The molecule has 0 radical (unpaired) electrons. The van der Waals surface area contributed by atoms with Gasteiger partial charge in [0.2, 0.25) is 0 Å². The van der Waals surface area contributed by atoms with Crippen molar-refractivity contribution in [2.45, 2.75) is 51.2 Å². The molecule has 3 nitrogen and oxygen atoms in total. The molecule has 4 atom stereocenters. The van der Waals surface area contributed by atoms with Crippen LogP contribution in [-0.4, -0.2) is 33.6 Å². The van der Waals surface area contributed by atoms with Gasteiger partial charge in [-0.3, -0.25) is 0 Å². The molecule has 2 aliphatic rings. The van der Waals surface area contributed by atoms with Crippen LogP contribution in [0.1, 0.15) is 39.5 Å². The summed E-state index contributed by atoms with van der Waals surface area (Å²) < 4.78 is 0. The number of hydrogen-bond acceptors (Lipinski definition) is 3. The van der Waals surface area contributed by atoms with Crippen molar-refractivity contribution in [2.24, 2.45) is 11.8 Å². The third kappa shape index (κ3) is 2.04. The molecule has 2 aliphatic carbocycles. The van der Waals surface area contributed by atoms with E-state index in [-0.39, 0.29) is 6.61 Å². The highest BCUT2D eigenvalue weighted by Crippen LogP contribution is 2.48. The summed E-state index contributed by atoms with van der Waals surface area (Å²) in [6.07, 6.45) is 2.33. The highest BCUT2D eigenvalue weighted by Gasteiger charge is 2.46. The molecular formula is C15H24O3. The number of rotatable bonds is 2. The molecule has 0 aromatic rings. The van der Waals surface area contributed by atoms with Crippen molar-refractivity contribution in [2.75, 3.05) is 6.61 Å². The molecule has 0 unspecified atom stereocenters. The van der Waals surface area contributed by atoms with Crippen LogP contribution in [0.3, 0.4) is 0 Å². The zero-order valence-corrected chi connectivity index (χ0v) is 11.3. The van der Waals surface area contributed by atoms with Crippen molar-refractivity contribution >= 4 is 0 Å². The van der Waals surface area contributed by atoms with E-state index in [1.54, 1.807) is 0 Å². The average Bonchev–Trinajstić information content (AvgIpc) is 2.64. The van der Waals surface area contributed by atoms with Crippen molar-refractivity contribution < 1.29 is 15.3 Å². The van der Waals surface area contributed by atoms with Gasteiger partial charge < -0.3 is 15.3 Å². The number of fused-ring (bicyclic) bond motifs is 1. The molecule has 0 spiro atoms. The SMILES string of the molecule is C=C(CO)[C@@]1(O)C[C@@H]2C(=C(C)C[C@@H]1O)CC[C@@H]2C. The van der Waals surface area contributed by atoms with E-state index in [1.807, 2.05) is 0 Å². The van der Waals surface area contributed by atoms with Gasteiger partial charge in [-0.05, 0) is 50.0 Å². The van der Waals surface area contributed by atoms with Crippen molar-refractivity contribution in [1.82, 2.24) is 0 Å². The van der Waals surface area contributed by atoms with Crippen LogP contribution in [0.4, 0.5) is 0 Å². The summed E-state index contributed by atoms with van der Waals surface area (Å²) in [5.74, 6) is 0.841. The van der Waals surface area contributed by atoms with E-state index < -0.39 is 11.7 Å². The lowest BCUT2D eigenvalue weighted by molar-refractivity contribution is -0.0630. The third-order valence-electron chi connectivity index (χ3n) is 4.94. The van der Waals surface area contributed by atoms with E-state index >= 15 is 0 Å². The van der Waals surface area contributed by atoms with E-state index in [0.29, 0.717) is 30.3 Å². The van der Waals surface area contributed by atoms with Gasteiger partial charge in [0.15, 0.2) is 0 Å². The second kappa shape index (κ2) is 4.80. The van der Waals surface area contributed by atoms with Crippen LogP contribution >= 0.6 is 0 Å². The fourth-order valence-electron chi connectivity index (χ4n) is 3.55. The van der Waals surface area contributed by atoms with Crippen molar-refractivity contribution in [3.63, 3.8) is 0 Å². The van der Waals surface area contributed by atoms with Gasteiger partial charge >= 0.3 is 0 Å². The largest absolute Gasteiger partial charge is 0.392 e. The minimum Gasteiger partial charge on any atom is -0.392 e. The van der Waals surface area contributed by atoms with Gasteiger partial charge in [-0.2, -0.15) is 0 Å². The fourth-order valence-corrected chi connectivity index (χ4v) is 3.55. The maximum Gasteiger partial charge on any atom is 0.114 e. The van der Waals surface area contributed by atoms with Crippen LogP contribution in [-0.2, 0) is 0 Å². The number of aliphatic hydroxyl groups is 3. The Hall–Kier alpha value is -0.640. The predicted molar refractivity (Wildman–Crippen MR) is 71.0 cm³/mol. The Balaban J connectivity index is 2.36. The molecule has 2 rings (SSSR count). The van der Waals surface area contributed by atoms with Gasteiger partial charge in [0.1, 0.15) is 5.60 Å². The molecule has 18 heavy (non-hydrogen) atoms. The molecule has 1 saturated carbocycles. The van der Waals surface area contributed by atoms with E-state index in [9.17, 15) is 15.3 Å². The van der Waals surface area contributed by atoms with Crippen molar-refractivity contribution in [1.29, 1.82) is 0 Å². The van der Waals surface area contributed by atoms with Crippen LogP contribution in [0.2, 0.25) is 0 Å². The Morgan fingerprint density at radius 1 is 1.50 bits per heavy atom. The summed E-state index contributed by atoms with van der Waals surface area (Å²) in [5, 5.41) is 30.3. The van der Waals surface area contributed by atoms with Gasteiger partial charge in [-0.1, -0.05) is 24.6 Å². The van der Waals surface area contributed by atoms with Crippen LogP contribution in [0.5, 0.6) is 0 Å². The number of aliphatic hydroxyl groups excluding tert-OH is 2. The molecule has 0 aromatic carbocycles. The first-order valence-corrected chi connectivity index (χ1v) is 6.78. The molecule has 0 saturated heterocycles. The van der Waals surface area contributed by atoms with Crippen LogP contribution in [0.25, 0.3) is 0 Å². The van der Waals surface area contributed by atoms with Crippen molar-refractivity contribution in [3.05, 3.63) is 23.3 Å². The zero-order chi connectivity index (χ0) is 13.5.